The largest absolute Gasteiger partial charge is 0.295 e. The van der Waals surface area contributed by atoms with E-state index in [0.717, 1.165) is 17.1 Å². The molecule has 0 fully saturated rings. The summed E-state index contributed by atoms with van der Waals surface area (Å²) in [6.45, 7) is 7.00. The molecule has 7 aromatic carbocycles. The summed E-state index contributed by atoms with van der Waals surface area (Å²) in [4.78, 5) is 0. The van der Waals surface area contributed by atoms with Gasteiger partial charge in [0.2, 0.25) is 0 Å². The van der Waals surface area contributed by atoms with Crippen LogP contribution in [-0.2, 0) is 0 Å². The number of rotatable bonds is 4. The number of hydrogen-bond donors (Lipinski definition) is 0. The van der Waals surface area contributed by atoms with E-state index < -0.39 is 0 Å². The van der Waals surface area contributed by atoms with E-state index in [0.29, 0.717) is 0 Å². The Labute approximate surface area is 307 Å². The van der Waals surface area contributed by atoms with Gasteiger partial charge >= 0.3 is 0 Å². The van der Waals surface area contributed by atoms with Crippen molar-refractivity contribution in [3.05, 3.63) is 180 Å². The lowest BCUT2D eigenvalue weighted by Crippen LogP contribution is -2.08. The molecular weight excluding hydrogens is 645 g/mol. The third-order valence-corrected chi connectivity index (χ3v) is 11.5. The molecule has 53 heavy (non-hydrogen) atoms. The van der Waals surface area contributed by atoms with Gasteiger partial charge in [-0.2, -0.15) is 0 Å². The second-order valence-electron chi connectivity index (χ2n) is 14.2. The highest BCUT2D eigenvalue weighted by atomic mass is 15.2. The summed E-state index contributed by atoms with van der Waals surface area (Å²) in [6.07, 6.45) is 0. The van der Waals surface area contributed by atoms with Gasteiger partial charge < -0.3 is 0 Å². The maximum Gasteiger partial charge on any atom is 0.131 e. The van der Waals surface area contributed by atoms with Gasteiger partial charge in [0.1, 0.15) is 11.3 Å². The third-order valence-electron chi connectivity index (χ3n) is 11.5. The molecule has 0 saturated heterocycles. The van der Waals surface area contributed by atoms with Crippen LogP contribution in [0.1, 0.15) is 16.7 Å². The SMILES string of the molecule is Cc1c(-n2c3ccccc3c3c4ccccc4n(-c4ccccc4)c32)c(C)c2c(c1C)c1c3ccccc3n(-c3ccccc3)c1n2-c1ccccc1. The Morgan fingerprint density at radius 2 is 0.679 bits per heavy atom. The molecular formula is C49H36N4. The lowest BCUT2D eigenvalue weighted by atomic mass is 9.96. The lowest BCUT2D eigenvalue weighted by molar-refractivity contribution is 1.03. The number of aromatic nitrogens is 4. The molecule has 0 unspecified atom stereocenters. The summed E-state index contributed by atoms with van der Waals surface area (Å²) < 4.78 is 10.0. The molecule has 0 radical (unpaired) electrons. The van der Waals surface area contributed by atoms with Crippen molar-refractivity contribution >= 4 is 65.7 Å². The second-order valence-corrected chi connectivity index (χ2v) is 14.2. The van der Waals surface area contributed by atoms with Crippen LogP contribution in [-0.4, -0.2) is 18.3 Å². The van der Waals surface area contributed by atoms with Gasteiger partial charge in [0, 0.05) is 49.4 Å². The lowest BCUT2D eigenvalue weighted by Gasteiger charge is -2.21. The summed E-state index contributed by atoms with van der Waals surface area (Å²) in [5.41, 5.74) is 15.7. The van der Waals surface area contributed by atoms with Gasteiger partial charge in [-0.25, -0.2) is 0 Å². The average Bonchev–Trinajstić information content (AvgIpc) is 3.93. The zero-order valence-corrected chi connectivity index (χ0v) is 29.9. The van der Waals surface area contributed by atoms with Crippen molar-refractivity contribution < 1.29 is 0 Å². The van der Waals surface area contributed by atoms with Gasteiger partial charge in [0.15, 0.2) is 0 Å². The molecule has 4 heteroatoms. The first-order chi connectivity index (χ1) is 26.1. The van der Waals surface area contributed by atoms with E-state index >= 15 is 0 Å². The highest BCUT2D eigenvalue weighted by molar-refractivity contribution is 6.26. The number of aryl methyl sites for hydroxylation is 2. The quantitative estimate of drug-likeness (QED) is 0.176. The van der Waals surface area contributed by atoms with Crippen molar-refractivity contribution in [3.63, 3.8) is 0 Å². The molecule has 0 spiro atoms. The molecule has 11 rings (SSSR count). The van der Waals surface area contributed by atoms with Gasteiger partial charge in [-0.1, -0.05) is 109 Å². The number of fused-ring (bicyclic) bond motifs is 10. The molecule has 4 nitrogen and oxygen atoms in total. The predicted molar refractivity (Wildman–Crippen MR) is 223 cm³/mol. The monoisotopic (exact) mass is 680 g/mol. The molecule has 4 heterocycles. The van der Waals surface area contributed by atoms with Crippen LogP contribution >= 0.6 is 0 Å². The van der Waals surface area contributed by atoms with Crippen molar-refractivity contribution in [1.82, 2.24) is 18.3 Å². The van der Waals surface area contributed by atoms with Gasteiger partial charge in [-0.3, -0.25) is 18.3 Å². The summed E-state index contributed by atoms with van der Waals surface area (Å²) in [5, 5.41) is 7.66. The minimum Gasteiger partial charge on any atom is -0.295 e. The Bertz CT molecular complexity index is 3230. The van der Waals surface area contributed by atoms with Crippen LogP contribution in [0.15, 0.2) is 164 Å². The Balaban J connectivity index is 1.39. The first-order valence-corrected chi connectivity index (χ1v) is 18.4. The van der Waals surface area contributed by atoms with E-state index in [2.05, 4.69) is 203 Å². The Morgan fingerprint density at radius 3 is 1.17 bits per heavy atom. The summed E-state index contributed by atoms with van der Waals surface area (Å²) in [7, 11) is 0. The fraction of sp³-hybridized carbons (Fsp3) is 0.0612. The number of benzene rings is 7. The zero-order chi connectivity index (χ0) is 35.4. The van der Waals surface area contributed by atoms with Crippen molar-refractivity contribution in [2.75, 3.05) is 0 Å². The van der Waals surface area contributed by atoms with Crippen molar-refractivity contribution in [3.8, 4) is 22.7 Å². The molecule has 11 aromatic rings. The molecule has 0 amide bonds. The van der Waals surface area contributed by atoms with E-state index in [9.17, 15) is 0 Å². The topological polar surface area (TPSA) is 19.7 Å². The molecule has 0 aliphatic heterocycles. The van der Waals surface area contributed by atoms with Crippen LogP contribution in [0.25, 0.3) is 88.4 Å². The Hall–Kier alpha value is -6.78. The van der Waals surface area contributed by atoms with E-state index in [4.69, 9.17) is 0 Å². The van der Waals surface area contributed by atoms with E-state index in [1.54, 1.807) is 0 Å². The minimum atomic E-state index is 1.14. The average molecular weight is 681 g/mol. The van der Waals surface area contributed by atoms with Crippen molar-refractivity contribution in [1.29, 1.82) is 0 Å². The Morgan fingerprint density at radius 1 is 0.302 bits per heavy atom. The second kappa shape index (κ2) is 11.1. The van der Waals surface area contributed by atoms with Crippen LogP contribution in [0, 0.1) is 20.8 Å². The van der Waals surface area contributed by atoms with Crippen LogP contribution in [0.3, 0.4) is 0 Å². The number of nitrogens with zero attached hydrogens (tertiary/aromatic N) is 4. The Kier molecular flexibility index (Phi) is 6.27. The summed E-state index contributed by atoms with van der Waals surface area (Å²) in [6, 6.07) is 59.3. The highest BCUT2D eigenvalue weighted by Gasteiger charge is 2.29. The predicted octanol–water partition coefficient (Wildman–Crippen LogP) is 12.7. The molecule has 0 aliphatic carbocycles. The van der Waals surface area contributed by atoms with E-state index in [-0.39, 0.29) is 0 Å². The van der Waals surface area contributed by atoms with Crippen LogP contribution in [0.5, 0.6) is 0 Å². The molecule has 0 N–H and O–H groups in total. The van der Waals surface area contributed by atoms with Gasteiger partial charge in [0.05, 0.1) is 27.8 Å². The summed E-state index contributed by atoms with van der Waals surface area (Å²) in [5.74, 6) is 0. The van der Waals surface area contributed by atoms with Crippen molar-refractivity contribution in [2.45, 2.75) is 20.8 Å². The molecule has 0 aliphatic rings. The molecule has 4 aromatic heterocycles. The van der Waals surface area contributed by atoms with Crippen LogP contribution in [0.4, 0.5) is 0 Å². The minimum absolute atomic E-state index is 1.14. The number of para-hydroxylation sites is 6. The van der Waals surface area contributed by atoms with Crippen molar-refractivity contribution in [2.24, 2.45) is 0 Å². The normalized spacial score (nSPS) is 12.1. The van der Waals surface area contributed by atoms with Gasteiger partial charge in [-0.15, -0.1) is 0 Å². The maximum absolute atomic E-state index is 2.56. The standard InChI is InChI=1S/C49H36N4/c1-31-32(2)46(53-42-30-18-14-26-38(42)44-37-25-13-16-28-40(37)50(48(44)53)34-19-7-4-8-20-34)33(3)47-43(31)45-39-27-15-17-29-41(39)51(35-21-9-5-10-22-35)49(45)52(47)36-23-11-6-12-24-36/h4-30H,1-3H3. The molecule has 0 atom stereocenters. The van der Waals surface area contributed by atoms with E-state index in [1.807, 2.05) is 0 Å². The molecule has 252 valence electrons. The fourth-order valence-corrected chi connectivity index (χ4v) is 9.26. The molecule has 0 bridgehead atoms. The molecule has 0 saturated carbocycles. The maximum atomic E-state index is 2.56. The van der Waals surface area contributed by atoms with Crippen LogP contribution in [0.2, 0.25) is 0 Å². The number of hydrogen-bond acceptors (Lipinski definition) is 0. The first-order valence-electron chi connectivity index (χ1n) is 18.4. The fourth-order valence-electron chi connectivity index (χ4n) is 9.26. The zero-order valence-electron chi connectivity index (χ0n) is 29.9. The smallest absolute Gasteiger partial charge is 0.131 e. The highest BCUT2D eigenvalue weighted by Crippen LogP contribution is 2.48. The summed E-state index contributed by atoms with van der Waals surface area (Å²) >= 11 is 0. The van der Waals surface area contributed by atoms with Gasteiger partial charge in [0.25, 0.3) is 0 Å². The first kappa shape index (κ1) is 29.9. The van der Waals surface area contributed by atoms with Crippen LogP contribution < -0.4 is 0 Å². The van der Waals surface area contributed by atoms with E-state index in [1.165, 1.54) is 88.1 Å². The van der Waals surface area contributed by atoms with Gasteiger partial charge in [-0.05, 0) is 92.1 Å². The third kappa shape index (κ3) is 3.95.